The number of carbonyl (C=O) groups is 1. The van der Waals surface area contributed by atoms with Gasteiger partial charge in [0.2, 0.25) is 0 Å². The van der Waals surface area contributed by atoms with Crippen LogP contribution in [0.5, 0.6) is 11.5 Å². The quantitative estimate of drug-likeness (QED) is 0.155. The van der Waals surface area contributed by atoms with Gasteiger partial charge in [0.05, 0.1) is 17.9 Å². The number of rotatable bonds is 7. The molecule has 0 heterocycles. The minimum absolute atomic E-state index is 0.0773. The van der Waals surface area contributed by atoms with Crippen LogP contribution in [0.1, 0.15) is 22.8 Å². The molecule has 0 atom stereocenters. The fourth-order valence-electron chi connectivity index (χ4n) is 3.79. The van der Waals surface area contributed by atoms with Gasteiger partial charge in [0.15, 0.2) is 5.75 Å². The Morgan fingerprint density at radius 2 is 1.71 bits per heavy atom. The first-order valence-corrected chi connectivity index (χ1v) is 13.4. The summed E-state index contributed by atoms with van der Waals surface area (Å²) >= 11 is 12.1. The van der Waals surface area contributed by atoms with E-state index in [1.165, 1.54) is 25.1 Å². The fourth-order valence-corrected chi connectivity index (χ4v) is 5.02. The Bertz CT molecular complexity index is 1710. The normalized spacial score (nSPS) is 11.7. The Balaban J connectivity index is 1.84. The molecule has 0 fully saturated rings. The van der Waals surface area contributed by atoms with Crippen molar-refractivity contribution in [2.75, 3.05) is 11.9 Å². The molecule has 4 aromatic carbocycles. The number of phenols is 1. The number of aryl methyl sites for hydroxylation is 1. The number of hydrogen-bond acceptors (Lipinski definition) is 7. The summed E-state index contributed by atoms with van der Waals surface area (Å²) < 4.78 is 39.1. The maximum Gasteiger partial charge on any atom is 0.296 e. The highest BCUT2D eigenvalue weighted by atomic mass is 35.5. The van der Waals surface area contributed by atoms with Crippen molar-refractivity contribution < 1.29 is 27.6 Å². The van der Waals surface area contributed by atoms with Gasteiger partial charge in [-0.05, 0) is 61.2 Å². The van der Waals surface area contributed by atoms with Crippen molar-refractivity contribution in [2.45, 2.75) is 18.7 Å². The molecule has 0 aromatic heterocycles. The predicted molar refractivity (Wildman–Crippen MR) is 146 cm³/mol. The number of carbonyl (C=O) groups excluding carboxylic acids is 1. The molecule has 0 aliphatic rings. The Labute approximate surface area is 228 Å². The van der Waals surface area contributed by atoms with Gasteiger partial charge in [-0.25, -0.2) is 0 Å². The number of anilines is 1. The van der Waals surface area contributed by atoms with E-state index in [9.17, 15) is 22.9 Å². The topological polar surface area (TPSA) is 138 Å². The molecular formula is C26H21Cl2N3O6S. The zero-order valence-electron chi connectivity index (χ0n) is 20.1. The van der Waals surface area contributed by atoms with Crippen LogP contribution in [-0.2, 0) is 10.1 Å². The van der Waals surface area contributed by atoms with E-state index in [0.29, 0.717) is 39.4 Å². The molecule has 0 aliphatic heterocycles. The highest BCUT2D eigenvalue weighted by Crippen LogP contribution is 2.41. The minimum atomic E-state index is -4.69. The molecule has 0 aliphatic carbocycles. The number of halogens is 2. The van der Waals surface area contributed by atoms with Gasteiger partial charge in [-0.3, -0.25) is 9.35 Å². The highest BCUT2D eigenvalue weighted by Gasteiger charge is 2.22. The summed E-state index contributed by atoms with van der Waals surface area (Å²) in [5.41, 5.74) is 0.240. The van der Waals surface area contributed by atoms with Crippen molar-refractivity contribution >= 4 is 67.1 Å². The van der Waals surface area contributed by atoms with Crippen molar-refractivity contribution in [3.63, 3.8) is 0 Å². The van der Waals surface area contributed by atoms with Crippen LogP contribution >= 0.6 is 23.2 Å². The third kappa shape index (κ3) is 5.73. The van der Waals surface area contributed by atoms with Gasteiger partial charge >= 0.3 is 0 Å². The second kappa shape index (κ2) is 11.0. The van der Waals surface area contributed by atoms with E-state index in [0.717, 1.165) is 6.07 Å². The Hall–Kier alpha value is -3.70. The number of azo groups is 1. The molecule has 38 heavy (non-hydrogen) atoms. The lowest BCUT2D eigenvalue weighted by Gasteiger charge is -2.14. The lowest BCUT2D eigenvalue weighted by molar-refractivity contribution is 0.102. The summed E-state index contributed by atoms with van der Waals surface area (Å²) in [5, 5.41) is 23.4. The Morgan fingerprint density at radius 1 is 1.00 bits per heavy atom. The van der Waals surface area contributed by atoms with Gasteiger partial charge in [-0.2, -0.15) is 8.42 Å². The van der Waals surface area contributed by atoms with E-state index < -0.39 is 26.7 Å². The molecule has 9 nitrogen and oxygen atoms in total. The number of amides is 1. The summed E-state index contributed by atoms with van der Waals surface area (Å²) in [5.74, 6) is -0.777. The number of ether oxygens (including phenoxy) is 1. The van der Waals surface area contributed by atoms with E-state index in [1.807, 2.05) is 0 Å². The van der Waals surface area contributed by atoms with Gasteiger partial charge in [0.25, 0.3) is 16.0 Å². The molecule has 12 heteroatoms. The van der Waals surface area contributed by atoms with Crippen molar-refractivity contribution in [3.8, 4) is 11.5 Å². The number of nitrogens with zero attached hydrogens (tertiary/aromatic N) is 2. The first kappa shape index (κ1) is 27.3. The molecule has 3 N–H and O–H groups in total. The van der Waals surface area contributed by atoms with Crippen LogP contribution in [0.2, 0.25) is 10.0 Å². The fraction of sp³-hybridized carbons (Fsp3) is 0.115. The highest BCUT2D eigenvalue weighted by molar-refractivity contribution is 7.86. The summed E-state index contributed by atoms with van der Waals surface area (Å²) in [7, 11) is -4.69. The monoisotopic (exact) mass is 573 g/mol. The number of fused-ring (bicyclic) bond motifs is 1. The smallest absolute Gasteiger partial charge is 0.296 e. The molecule has 0 saturated heterocycles. The van der Waals surface area contributed by atoms with Gasteiger partial charge in [0.1, 0.15) is 22.0 Å². The molecule has 0 bridgehead atoms. The van der Waals surface area contributed by atoms with E-state index in [4.69, 9.17) is 27.9 Å². The van der Waals surface area contributed by atoms with Crippen LogP contribution < -0.4 is 10.1 Å². The summed E-state index contributed by atoms with van der Waals surface area (Å²) in [6.45, 7) is 3.69. The average Bonchev–Trinajstić information content (AvgIpc) is 2.85. The number of benzene rings is 4. The number of phenolic OH excluding ortho intramolecular Hbond substituents is 1. The van der Waals surface area contributed by atoms with Crippen molar-refractivity contribution in [3.05, 3.63) is 81.8 Å². The van der Waals surface area contributed by atoms with Crippen LogP contribution in [0.4, 0.5) is 17.1 Å². The van der Waals surface area contributed by atoms with Gasteiger partial charge in [-0.15, -0.1) is 10.2 Å². The second-order valence-corrected chi connectivity index (χ2v) is 10.4. The maximum atomic E-state index is 13.3. The van der Waals surface area contributed by atoms with Crippen LogP contribution in [0, 0.1) is 6.92 Å². The van der Waals surface area contributed by atoms with E-state index >= 15 is 0 Å². The third-order valence-corrected chi connectivity index (χ3v) is 6.81. The number of nitrogens with one attached hydrogen (secondary N) is 1. The van der Waals surface area contributed by atoms with Gasteiger partial charge < -0.3 is 15.2 Å². The Morgan fingerprint density at radius 3 is 2.42 bits per heavy atom. The zero-order chi connectivity index (χ0) is 27.6. The van der Waals surface area contributed by atoms with Crippen molar-refractivity contribution in [2.24, 2.45) is 10.2 Å². The largest absolute Gasteiger partial charge is 0.505 e. The first-order chi connectivity index (χ1) is 18.0. The molecule has 1 amide bonds. The molecule has 4 aromatic rings. The summed E-state index contributed by atoms with van der Waals surface area (Å²) in [6.07, 6.45) is 0. The van der Waals surface area contributed by atoms with E-state index in [1.54, 1.807) is 43.3 Å². The third-order valence-electron chi connectivity index (χ3n) is 5.49. The molecule has 0 saturated carbocycles. The number of hydrogen-bond donors (Lipinski definition) is 3. The summed E-state index contributed by atoms with van der Waals surface area (Å²) in [4.78, 5) is 12.7. The maximum absolute atomic E-state index is 13.3. The lowest BCUT2D eigenvalue weighted by atomic mass is 10.0. The molecule has 196 valence electrons. The van der Waals surface area contributed by atoms with Crippen LogP contribution in [0.25, 0.3) is 10.8 Å². The molecule has 0 radical (unpaired) electrons. The van der Waals surface area contributed by atoms with Crippen LogP contribution in [0.15, 0.2) is 75.8 Å². The minimum Gasteiger partial charge on any atom is -0.505 e. The first-order valence-electron chi connectivity index (χ1n) is 11.2. The molecule has 4 rings (SSSR count). The van der Waals surface area contributed by atoms with E-state index in [2.05, 4.69) is 15.5 Å². The van der Waals surface area contributed by atoms with Gasteiger partial charge in [0, 0.05) is 15.4 Å². The SMILES string of the molecule is CCOc1ccc(Cl)cc1NC(=O)c1cc2ccccc2c(N=Nc2c(C)cc(Cl)cc2S(=O)(=O)O)c1O. The molecule has 0 spiro atoms. The van der Waals surface area contributed by atoms with Crippen molar-refractivity contribution in [1.82, 2.24) is 0 Å². The Kier molecular flexibility index (Phi) is 7.89. The number of aromatic hydroxyl groups is 1. The van der Waals surface area contributed by atoms with Crippen molar-refractivity contribution in [1.29, 1.82) is 0 Å². The lowest BCUT2D eigenvalue weighted by Crippen LogP contribution is -2.13. The van der Waals surface area contributed by atoms with E-state index in [-0.39, 0.29) is 22.0 Å². The second-order valence-electron chi connectivity index (χ2n) is 8.11. The standard InChI is InChI=1S/C26H21Cl2N3O6S/c1-3-37-21-9-8-16(27)12-20(21)29-26(33)19-11-15-6-4-5-7-18(15)24(25(19)32)31-30-23-14(2)10-17(28)13-22(23)38(34,35)36/h4-13,32H,3H2,1-2H3,(H,29,33)(H,34,35,36). The summed E-state index contributed by atoms with van der Waals surface area (Å²) in [6, 6.07) is 15.6. The zero-order valence-corrected chi connectivity index (χ0v) is 22.4. The van der Waals surface area contributed by atoms with Gasteiger partial charge in [-0.1, -0.05) is 47.5 Å². The van der Waals surface area contributed by atoms with Crippen LogP contribution in [0.3, 0.4) is 0 Å². The average molecular weight is 574 g/mol. The van der Waals surface area contributed by atoms with Crippen LogP contribution in [-0.4, -0.2) is 30.6 Å². The molecular weight excluding hydrogens is 553 g/mol. The molecule has 0 unspecified atom stereocenters. The predicted octanol–water partition coefficient (Wildman–Crippen LogP) is 7.47.